The van der Waals surface area contributed by atoms with Crippen molar-refractivity contribution in [2.45, 2.75) is 33.6 Å². The zero-order chi connectivity index (χ0) is 8.69. The van der Waals surface area contributed by atoms with Crippen LogP contribution in [0.4, 0.5) is 0 Å². The van der Waals surface area contributed by atoms with Crippen molar-refractivity contribution in [2.24, 2.45) is 5.92 Å². The third-order valence-corrected chi connectivity index (χ3v) is 1.71. The summed E-state index contributed by atoms with van der Waals surface area (Å²) in [6.45, 7) is 12.8. The van der Waals surface area contributed by atoms with Gasteiger partial charge >= 0.3 is 0 Å². The molecule has 0 spiro atoms. The van der Waals surface area contributed by atoms with E-state index in [2.05, 4.69) is 32.7 Å². The van der Waals surface area contributed by atoms with E-state index in [0.29, 0.717) is 0 Å². The molecule has 0 heterocycles. The van der Waals surface area contributed by atoms with Gasteiger partial charge < -0.3 is 5.32 Å². The maximum Gasteiger partial charge on any atom is -0.00116 e. The topological polar surface area (TPSA) is 12.0 Å². The van der Waals surface area contributed by atoms with Crippen LogP contribution in [-0.4, -0.2) is 13.1 Å². The van der Waals surface area contributed by atoms with Crippen LogP contribution in [0.3, 0.4) is 0 Å². The summed E-state index contributed by atoms with van der Waals surface area (Å²) in [7, 11) is 0. The number of hydrogen-bond acceptors (Lipinski definition) is 1. The van der Waals surface area contributed by atoms with Crippen LogP contribution in [0.25, 0.3) is 0 Å². The van der Waals surface area contributed by atoms with Gasteiger partial charge in [0.1, 0.15) is 0 Å². The molecule has 1 nitrogen and oxygen atoms in total. The first-order valence-electron chi connectivity index (χ1n) is 4.54. The Morgan fingerprint density at radius 3 is 2.55 bits per heavy atom. The number of rotatable bonds is 6. The predicted octanol–water partition coefficient (Wildman–Crippen LogP) is 2.59. The van der Waals surface area contributed by atoms with Gasteiger partial charge in [-0.1, -0.05) is 32.9 Å². The first-order chi connectivity index (χ1) is 5.16. The molecule has 0 atom stereocenters. The Labute approximate surface area is 70.9 Å². The largest absolute Gasteiger partial charge is 0.316 e. The Kier molecular flexibility index (Phi) is 6.24. The van der Waals surface area contributed by atoms with Crippen molar-refractivity contribution in [1.29, 1.82) is 0 Å². The van der Waals surface area contributed by atoms with Crippen molar-refractivity contribution in [1.82, 2.24) is 5.32 Å². The summed E-state index contributed by atoms with van der Waals surface area (Å²) in [5, 5.41) is 3.39. The Bertz CT molecular complexity index is 105. The predicted molar refractivity (Wildman–Crippen MR) is 51.8 cm³/mol. The van der Waals surface area contributed by atoms with Crippen LogP contribution in [0.5, 0.6) is 0 Å². The highest BCUT2D eigenvalue weighted by Gasteiger charge is 1.93. The normalized spacial score (nSPS) is 10.5. The third kappa shape index (κ3) is 7.60. The molecule has 1 heteroatoms. The van der Waals surface area contributed by atoms with Gasteiger partial charge in [-0.05, 0) is 31.8 Å². The molecule has 0 aromatic carbocycles. The van der Waals surface area contributed by atoms with Crippen LogP contribution in [0.1, 0.15) is 33.6 Å². The fraction of sp³-hybridized carbons (Fsp3) is 0.800. The first kappa shape index (κ1) is 10.7. The van der Waals surface area contributed by atoms with Gasteiger partial charge in [-0.25, -0.2) is 0 Å². The lowest BCUT2D eigenvalue weighted by Gasteiger charge is -2.07. The van der Waals surface area contributed by atoms with Crippen LogP contribution in [-0.2, 0) is 0 Å². The molecular weight excluding hydrogens is 134 g/mol. The Hall–Kier alpha value is -0.300. The molecule has 0 aliphatic heterocycles. The minimum atomic E-state index is 0.755. The van der Waals surface area contributed by atoms with Crippen molar-refractivity contribution in [2.75, 3.05) is 13.1 Å². The average Bonchev–Trinajstić information content (AvgIpc) is 1.97. The van der Waals surface area contributed by atoms with Crippen LogP contribution in [0, 0.1) is 5.92 Å². The molecule has 0 unspecified atom stereocenters. The van der Waals surface area contributed by atoms with Crippen LogP contribution in [0.15, 0.2) is 12.2 Å². The molecule has 0 saturated carbocycles. The second-order valence-electron chi connectivity index (χ2n) is 3.45. The summed E-state index contributed by atoms with van der Waals surface area (Å²) < 4.78 is 0. The lowest BCUT2D eigenvalue weighted by Crippen LogP contribution is -2.20. The maximum atomic E-state index is 3.95. The van der Waals surface area contributed by atoms with Crippen LogP contribution >= 0.6 is 0 Å². The van der Waals surface area contributed by atoms with Gasteiger partial charge in [0, 0.05) is 0 Å². The molecule has 0 aliphatic rings. The van der Waals surface area contributed by atoms with E-state index in [1.807, 2.05) is 0 Å². The smallest absolute Gasteiger partial charge is 0.00116 e. The molecular formula is C10H21N. The van der Waals surface area contributed by atoms with Gasteiger partial charge in [-0.3, -0.25) is 0 Å². The molecule has 1 N–H and O–H groups in total. The van der Waals surface area contributed by atoms with E-state index in [0.717, 1.165) is 31.8 Å². The minimum absolute atomic E-state index is 0.755. The van der Waals surface area contributed by atoms with E-state index in [1.54, 1.807) is 0 Å². The molecule has 0 bridgehead atoms. The van der Waals surface area contributed by atoms with E-state index in [1.165, 1.54) is 5.57 Å². The van der Waals surface area contributed by atoms with Crippen molar-refractivity contribution in [3.8, 4) is 0 Å². The minimum Gasteiger partial charge on any atom is -0.316 e. The quantitative estimate of drug-likeness (QED) is 0.459. The lowest BCUT2D eigenvalue weighted by atomic mass is 10.1. The van der Waals surface area contributed by atoms with E-state index in [9.17, 15) is 0 Å². The summed E-state index contributed by atoms with van der Waals surface area (Å²) in [4.78, 5) is 0. The monoisotopic (exact) mass is 155 g/mol. The summed E-state index contributed by atoms with van der Waals surface area (Å²) in [5.41, 5.74) is 1.35. The number of hydrogen-bond donors (Lipinski definition) is 1. The van der Waals surface area contributed by atoms with Gasteiger partial charge in [-0.15, -0.1) is 0 Å². The number of nitrogens with one attached hydrogen (secondary N) is 1. The van der Waals surface area contributed by atoms with E-state index in [-0.39, 0.29) is 0 Å². The zero-order valence-corrected chi connectivity index (χ0v) is 8.11. The average molecular weight is 155 g/mol. The first-order valence-corrected chi connectivity index (χ1v) is 4.54. The molecule has 0 amide bonds. The van der Waals surface area contributed by atoms with Gasteiger partial charge in [0.15, 0.2) is 0 Å². The molecule has 0 radical (unpaired) electrons. The van der Waals surface area contributed by atoms with Gasteiger partial charge in [0.05, 0.1) is 0 Å². The SMILES string of the molecule is C=C(CC)CCNCC(C)C. The van der Waals surface area contributed by atoms with E-state index in [4.69, 9.17) is 0 Å². The van der Waals surface area contributed by atoms with E-state index < -0.39 is 0 Å². The second kappa shape index (κ2) is 6.41. The van der Waals surface area contributed by atoms with Crippen molar-refractivity contribution >= 4 is 0 Å². The summed E-state index contributed by atoms with van der Waals surface area (Å²) in [6.07, 6.45) is 2.24. The third-order valence-electron chi connectivity index (χ3n) is 1.71. The highest BCUT2D eigenvalue weighted by molar-refractivity contribution is 4.92. The van der Waals surface area contributed by atoms with Gasteiger partial charge in [0.2, 0.25) is 0 Å². The van der Waals surface area contributed by atoms with Crippen molar-refractivity contribution in [3.63, 3.8) is 0 Å². The lowest BCUT2D eigenvalue weighted by molar-refractivity contribution is 0.552. The molecule has 0 fully saturated rings. The van der Waals surface area contributed by atoms with Gasteiger partial charge in [-0.2, -0.15) is 0 Å². The van der Waals surface area contributed by atoms with Crippen molar-refractivity contribution < 1.29 is 0 Å². The highest BCUT2D eigenvalue weighted by Crippen LogP contribution is 2.00. The van der Waals surface area contributed by atoms with Crippen LogP contribution < -0.4 is 5.32 Å². The summed E-state index contributed by atoms with van der Waals surface area (Å²) in [6, 6.07) is 0. The molecule has 0 aromatic rings. The maximum absolute atomic E-state index is 3.95. The summed E-state index contributed by atoms with van der Waals surface area (Å²) >= 11 is 0. The molecule has 0 aliphatic carbocycles. The van der Waals surface area contributed by atoms with Crippen molar-refractivity contribution in [3.05, 3.63) is 12.2 Å². The highest BCUT2D eigenvalue weighted by atomic mass is 14.8. The fourth-order valence-corrected chi connectivity index (χ4v) is 0.833. The standard InChI is InChI=1S/C10H21N/c1-5-10(4)6-7-11-8-9(2)3/h9,11H,4-8H2,1-3H3. The zero-order valence-electron chi connectivity index (χ0n) is 8.11. The molecule has 11 heavy (non-hydrogen) atoms. The molecule has 66 valence electrons. The molecule has 0 saturated heterocycles. The van der Waals surface area contributed by atoms with E-state index >= 15 is 0 Å². The van der Waals surface area contributed by atoms with Crippen LogP contribution in [0.2, 0.25) is 0 Å². The Morgan fingerprint density at radius 1 is 1.45 bits per heavy atom. The Balaban J connectivity index is 3.08. The summed E-state index contributed by atoms with van der Waals surface area (Å²) in [5.74, 6) is 0.755. The molecule has 0 aromatic heterocycles. The van der Waals surface area contributed by atoms with Gasteiger partial charge in [0.25, 0.3) is 0 Å². The second-order valence-corrected chi connectivity index (χ2v) is 3.45. The Morgan fingerprint density at radius 2 is 2.09 bits per heavy atom. The fourth-order valence-electron chi connectivity index (χ4n) is 0.833. The molecule has 0 rings (SSSR count).